The van der Waals surface area contributed by atoms with E-state index in [4.69, 9.17) is 5.73 Å². The fourth-order valence-corrected chi connectivity index (χ4v) is 2.73. The molecule has 0 radical (unpaired) electrons. The Morgan fingerprint density at radius 2 is 2.10 bits per heavy atom. The molecule has 1 aromatic carbocycles. The molecule has 5 nitrogen and oxygen atoms in total. The quantitative estimate of drug-likeness (QED) is 0.688. The van der Waals surface area contributed by atoms with Crippen LogP contribution in [-0.4, -0.2) is 21.2 Å². The lowest BCUT2D eigenvalue weighted by Gasteiger charge is -2.28. The highest BCUT2D eigenvalue weighted by atomic mass is 15.1. The van der Waals surface area contributed by atoms with E-state index in [9.17, 15) is 0 Å². The Hall–Kier alpha value is -2.56. The van der Waals surface area contributed by atoms with Crippen molar-refractivity contribution in [1.29, 1.82) is 0 Å². The smallest absolute Gasteiger partial charge is 0.126 e. The predicted octanol–water partition coefficient (Wildman–Crippen LogP) is 3.17. The lowest BCUT2D eigenvalue weighted by atomic mass is 9.92. The van der Waals surface area contributed by atoms with Gasteiger partial charge in [0.05, 0.1) is 11.2 Å². The van der Waals surface area contributed by atoms with Gasteiger partial charge in [0.15, 0.2) is 0 Å². The molecule has 0 amide bonds. The third-order valence-corrected chi connectivity index (χ3v) is 4.11. The zero-order valence-corrected chi connectivity index (χ0v) is 11.6. The third kappa shape index (κ3) is 2.20. The van der Waals surface area contributed by atoms with Crippen molar-refractivity contribution in [2.24, 2.45) is 0 Å². The van der Waals surface area contributed by atoms with Crippen molar-refractivity contribution in [2.75, 3.05) is 11.1 Å². The molecule has 0 bridgehead atoms. The first kappa shape index (κ1) is 12.2. The molecule has 4 rings (SSSR count). The lowest BCUT2D eigenvalue weighted by molar-refractivity contribution is 0.446. The third-order valence-electron chi connectivity index (χ3n) is 4.11. The number of nitrogens with one attached hydrogen (secondary N) is 2. The number of hydrogen-bond acceptors (Lipinski definition) is 4. The van der Waals surface area contributed by atoms with Crippen molar-refractivity contribution in [3.8, 4) is 11.3 Å². The number of nitrogen functional groups attached to an aromatic ring is 1. The van der Waals surface area contributed by atoms with Crippen LogP contribution in [0.15, 0.2) is 36.5 Å². The summed E-state index contributed by atoms with van der Waals surface area (Å²) in [5.41, 5.74) is 9.99. The zero-order valence-electron chi connectivity index (χ0n) is 11.6. The van der Waals surface area contributed by atoms with Crippen LogP contribution in [0.1, 0.15) is 19.3 Å². The number of hydrogen-bond donors (Lipinski definition) is 3. The Balaban J connectivity index is 1.80. The first-order valence-corrected chi connectivity index (χ1v) is 7.26. The minimum Gasteiger partial charge on any atom is -0.384 e. The van der Waals surface area contributed by atoms with Crippen LogP contribution in [0.2, 0.25) is 0 Å². The van der Waals surface area contributed by atoms with Crippen LogP contribution in [0.3, 0.4) is 0 Å². The fourth-order valence-electron chi connectivity index (χ4n) is 2.73. The number of benzene rings is 1. The van der Waals surface area contributed by atoms with Gasteiger partial charge in [0.2, 0.25) is 0 Å². The summed E-state index contributed by atoms with van der Waals surface area (Å²) in [5.74, 6) is 0.547. The van der Waals surface area contributed by atoms with Crippen molar-refractivity contribution < 1.29 is 0 Å². The maximum Gasteiger partial charge on any atom is 0.126 e. The summed E-state index contributed by atoms with van der Waals surface area (Å²) in [7, 11) is 0. The van der Waals surface area contributed by atoms with E-state index in [1.54, 1.807) is 6.20 Å². The molecule has 1 fully saturated rings. The standard InChI is InChI=1S/C16H17N5/c17-16-9-15(19-11-2-1-3-11)12-5-4-10(8-14(12)20-16)13-6-7-18-21-13/h4-9,11H,1-3H2,(H,18,21)(H3,17,19,20). The zero-order chi connectivity index (χ0) is 14.2. The van der Waals surface area contributed by atoms with E-state index < -0.39 is 0 Å². The summed E-state index contributed by atoms with van der Waals surface area (Å²) in [4.78, 5) is 4.46. The van der Waals surface area contributed by atoms with E-state index in [0.29, 0.717) is 11.9 Å². The number of pyridine rings is 1. The topological polar surface area (TPSA) is 79.6 Å². The fraction of sp³-hybridized carbons (Fsp3) is 0.250. The summed E-state index contributed by atoms with van der Waals surface area (Å²) >= 11 is 0. The Bertz CT molecular complexity index is 775. The molecule has 2 aromatic heterocycles. The molecule has 0 unspecified atom stereocenters. The van der Waals surface area contributed by atoms with E-state index >= 15 is 0 Å². The molecule has 4 N–H and O–H groups in total. The molecule has 0 spiro atoms. The Morgan fingerprint density at radius 3 is 2.81 bits per heavy atom. The minimum absolute atomic E-state index is 0.547. The monoisotopic (exact) mass is 279 g/mol. The van der Waals surface area contributed by atoms with Crippen LogP contribution in [0.4, 0.5) is 11.5 Å². The maximum atomic E-state index is 5.96. The Kier molecular flexibility index (Phi) is 2.77. The number of aromatic nitrogens is 3. The number of anilines is 2. The number of fused-ring (bicyclic) bond motifs is 1. The minimum atomic E-state index is 0.547. The van der Waals surface area contributed by atoms with Crippen molar-refractivity contribution in [2.45, 2.75) is 25.3 Å². The first-order valence-electron chi connectivity index (χ1n) is 7.26. The maximum absolute atomic E-state index is 5.96. The van der Waals surface area contributed by atoms with Gasteiger partial charge < -0.3 is 11.1 Å². The van der Waals surface area contributed by atoms with Gasteiger partial charge >= 0.3 is 0 Å². The molecule has 0 aliphatic heterocycles. The van der Waals surface area contributed by atoms with Gasteiger partial charge in [-0.3, -0.25) is 5.10 Å². The van der Waals surface area contributed by atoms with Gasteiger partial charge in [-0.15, -0.1) is 0 Å². The molecule has 1 aliphatic carbocycles. The van der Waals surface area contributed by atoms with Crippen LogP contribution in [0.25, 0.3) is 22.2 Å². The largest absolute Gasteiger partial charge is 0.384 e. The van der Waals surface area contributed by atoms with Crippen LogP contribution < -0.4 is 11.1 Å². The molecular formula is C16H17N5. The summed E-state index contributed by atoms with van der Waals surface area (Å²) in [6, 6.07) is 10.7. The molecule has 5 heteroatoms. The predicted molar refractivity (Wildman–Crippen MR) is 85.0 cm³/mol. The average Bonchev–Trinajstić information content (AvgIpc) is 2.96. The van der Waals surface area contributed by atoms with E-state index in [1.807, 2.05) is 18.2 Å². The van der Waals surface area contributed by atoms with Gasteiger partial charge in [0, 0.05) is 34.9 Å². The molecule has 2 heterocycles. The number of nitrogens with zero attached hydrogens (tertiary/aromatic N) is 2. The molecule has 1 aliphatic rings. The van der Waals surface area contributed by atoms with Gasteiger partial charge in [-0.1, -0.05) is 12.1 Å². The van der Waals surface area contributed by atoms with Gasteiger partial charge in [0.25, 0.3) is 0 Å². The van der Waals surface area contributed by atoms with Crippen LogP contribution >= 0.6 is 0 Å². The van der Waals surface area contributed by atoms with E-state index in [0.717, 1.165) is 27.8 Å². The van der Waals surface area contributed by atoms with Gasteiger partial charge in [-0.05, 0) is 31.4 Å². The molecule has 3 aromatic rings. The number of nitrogens with two attached hydrogens (primary N) is 1. The molecule has 21 heavy (non-hydrogen) atoms. The van der Waals surface area contributed by atoms with Crippen LogP contribution in [-0.2, 0) is 0 Å². The Labute approximate surface area is 122 Å². The van der Waals surface area contributed by atoms with Crippen LogP contribution in [0.5, 0.6) is 0 Å². The Morgan fingerprint density at radius 1 is 1.19 bits per heavy atom. The average molecular weight is 279 g/mol. The second kappa shape index (κ2) is 4.77. The highest BCUT2D eigenvalue weighted by molar-refractivity contribution is 5.95. The van der Waals surface area contributed by atoms with E-state index in [2.05, 4.69) is 32.6 Å². The molecule has 0 atom stereocenters. The van der Waals surface area contributed by atoms with Crippen molar-refractivity contribution >= 4 is 22.4 Å². The van der Waals surface area contributed by atoms with E-state index in [1.165, 1.54) is 19.3 Å². The van der Waals surface area contributed by atoms with Crippen LogP contribution in [0, 0.1) is 0 Å². The van der Waals surface area contributed by atoms with E-state index in [-0.39, 0.29) is 0 Å². The second-order valence-corrected chi connectivity index (χ2v) is 5.57. The van der Waals surface area contributed by atoms with Gasteiger partial charge in [0.1, 0.15) is 5.82 Å². The number of H-pyrrole nitrogens is 1. The summed E-state index contributed by atoms with van der Waals surface area (Å²) in [6.07, 6.45) is 5.52. The first-order chi connectivity index (χ1) is 10.3. The normalized spacial score (nSPS) is 15.0. The summed E-state index contributed by atoms with van der Waals surface area (Å²) < 4.78 is 0. The molecular weight excluding hydrogens is 262 g/mol. The highest BCUT2D eigenvalue weighted by Gasteiger charge is 2.18. The molecule has 0 saturated heterocycles. The number of rotatable bonds is 3. The molecule has 1 saturated carbocycles. The second-order valence-electron chi connectivity index (χ2n) is 5.57. The van der Waals surface area contributed by atoms with Crippen molar-refractivity contribution in [1.82, 2.24) is 15.2 Å². The highest BCUT2D eigenvalue weighted by Crippen LogP contribution is 2.31. The van der Waals surface area contributed by atoms with Gasteiger partial charge in [-0.2, -0.15) is 5.10 Å². The summed E-state index contributed by atoms with van der Waals surface area (Å²) in [5, 5.41) is 11.6. The summed E-state index contributed by atoms with van der Waals surface area (Å²) in [6.45, 7) is 0. The molecule has 106 valence electrons. The van der Waals surface area contributed by atoms with Crippen molar-refractivity contribution in [3.05, 3.63) is 36.5 Å². The lowest BCUT2D eigenvalue weighted by Crippen LogP contribution is -2.27. The van der Waals surface area contributed by atoms with Gasteiger partial charge in [-0.25, -0.2) is 4.98 Å². The number of aromatic amines is 1. The SMILES string of the molecule is Nc1cc(NC2CCC2)c2ccc(-c3ccn[nH]3)cc2n1. The van der Waals surface area contributed by atoms with Crippen molar-refractivity contribution in [3.63, 3.8) is 0 Å².